The SMILES string of the molecule is C=C/C=C(CN/N=N\N)\C(=C/C)c1ccc(CN2C3=C(CN4N(C3=O)C3(C)CCC4(C)CC3)NC2CCCN)cc1. The van der Waals surface area contributed by atoms with Gasteiger partial charge >= 0.3 is 0 Å². The molecule has 1 amide bonds. The quantitative estimate of drug-likeness (QED) is 0.140. The molecule has 1 atom stereocenters. The fourth-order valence-corrected chi connectivity index (χ4v) is 7.05. The van der Waals surface area contributed by atoms with E-state index in [1.54, 1.807) is 6.08 Å². The third-order valence-electron chi connectivity index (χ3n) is 9.42. The molecule has 10 nitrogen and oxygen atoms in total. The van der Waals surface area contributed by atoms with Crippen molar-refractivity contribution in [1.82, 2.24) is 25.7 Å². The van der Waals surface area contributed by atoms with Crippen molar-refractivity contribution in [2.24, 2.45) is 22.0 Å². The van der Waals surface area contributed by atoms with E-state index in [1.165, 1.54) is 0 Å². The first-order valence-corrected chi connectivity index (χ1v) is 14.8. The number of amides is 1. The second kappa shape index (κ2) is 11.7. The van der Waals surface area contributed by atoms with Crippen molar-refractivity contribution in [2.75, 3.05) is 19.6 Å². The van der Waals surface area contributed by atoms with E-state index in [1.807, 2.05) is 13.0 Å². The fraction of sp³-hybridized carbons (Fsp3) is 0.516. The Hall–Kier alpha value is -3.63. The number of nitrogens with zero attached hydrogens (tertiary/aromatic N) is 5. The zero-order valence-electron chi connectivity index (χ0n) is 24.7. The molecule has 6 rings (SSSR count). The maximum absolute atomic E-state index is 14.3. The van der Waals surface area contributed by atoms with Crippen LogP contribution in [0.1, 0.15) is 70.4 Å². The number of hydrogen-bond acceptors (Lipinski definition) is 7. The van der Waals surface area contributed by atoms with Crippen LogP contribution in [-0.4, -0.2) is 57.7 Å². The van der Waals surface area contributed by atoms with E-state index >= 15 is 0 Å². The molecule has 1 aliphatic carbocycles. The molecule has 1 unspecified atom stereocenters. The van der Waals surface area contributed by atoms with Crippen molar-refractivity contribution in [3.8, 4) is 0 Å². The summed E-state index contributed by atoms with van der Waals surface area (Å²) >= 11 is 0. The summed E-state index contributed by atoms with van der Waals surface area (Å²) in [5, 5.41) is 15.2. The number of hydrazine groups is 1. The number of carbonyl (C=O) groups excluding carboxylic acids is 1. The van der Waals surface area contributed by atoms with Gasteiger partial charge in [0, 0.05) is 12.1 Å². The molecule has 1 saturated carbocycles. The van der Waals surface area contributed by atoms with Crippen molar-refractivity contribution in [1.29, 1.82) is 0 Å². The van der Waals surface area contributed by atoms with Crippen LogP contribution in [0.15, 0.2) is 76.5 Å². The molecular weight excluding hydrogens is 514 g/mol. The Bertz CT molecular complexity index is 1270. The number of fused-ring (bicyclic) bond motifs is 2. The number of carbonyl (C=O) groups is 1. The van der Waals surface area contributed by atoms with Crippen molar-refractivity contribution in [3.05, 3.63) is 77.2 Å². The largest absolute Gasteiger partial charge is 0.366 e. The van der Waals surface area contributed by atoms with E-state index in [2.05, 4.69) is 86.9 Å². The van der Waals surface area contributed by atoms with Crippen molar-refractivity contribution < 1.29 is 4.79 Å². The minimum atomic E-state index is -0.115. The van der Waals surface area contributed by atoms with Crippen LogP contribution in [-0.2, 0) is 11.3 Å². The summed E-state index contributed by atoms with van der Waals surface area (Å²) in [5.74, 6) is 5.27. The van der Waals surface area contributed by atoms with Crippen LogP contribution in [0.2, 0.25) is 0 Å². The zero-order valence-corrected chi connectivity index (χ0v) is 24.7. The number of benzene rings is 1. The predicted molar refractivity (Wildman–Crippen MR) is 162 cm³/mol. The van der Waals surface area contributed by atoms with E-state index in [-0.39, 0.29) is 23.2 Å². The van der Waals surface area contributed by atoms with Gasteiger partial charge in [-0.15, -0.1) is 0 Å². The van der Waals surface area contributed by atoms with Gasteiger partial charge in [-0.1, -0.05) is 59.5 Å². The molecule has 4 aliphatic heterocycles. The summed E-state index contributed by atoms with van der Waals surface area (Å²) in [7, 11) is 0. The third kappa shape index (κ3) is 5.26. The first kappa shape index (κ1) is 28.9. The summed E-state index contributed by atoms with van der Waals surface area (Å²) in [6.07, 6.45) is 12.0. The van der Waals surface area contributed by atoms with Gasteiger partial charge in [-0.05, 0) is 88.1 Å². The smallest absolute Gasteiger partial charge is 0.286 e. The molecule has 220 valence electrons. The molecule has 4 heterocycles. The average Bonchev–Trinajstić information content (AvgIpc) is 3.31. The number of rotatable bonds is 11. The summed E-state index contributed by atoms with van der Waals surface area (Å²) in [4.78, 5) is 16.6. The number of allylic oxidation sites excluding steroid dienone is 3. The Morgan fingerprint density at radius 3 is 2.54 bits per heavy atom. The molecule has 0 spiro atoms. The maximum atomic E-state index is 14.3. The van der Waals surface area contributed by atoms with E-state index in [0.29, 0.717) is 19.6 Å². The second-order valence-corrected chi connectivity index (χ2v) is 12.1. The second-order valence-electron chi connectivity index (χ2n) is 12.1. The number of nitrogens with one attached hydrogen (secondary N) is 2. The Kier molecular flexibility index (Phi) is 8.24. The van der Waals surface area contributed by atoms with E-state index < -0.39 is 0 Å². The van der Waals surface area contributed by atoms with Gasteiger partial charge in [0.2, 0.25) is 0 Å². The monoisotopic (exact) mass is 559 g/mol. The zero-order chi connectivity index (χ0) is 29.2. The number of hydrogen-bond donors (Lipinski definition) is 4. The van der Waals surface area contributed by atoms with E-state index in [9.17, 15) is 4.79 Å². The minimum absolute atomic E-state index is 0.0374. The molecule has 6 N–H and O–H groups in total. The highest BCUT2D eigenvalue weighted by atomic mass is 16.2. The van der Waals surface area contributed by atoms with Crippen LogP contribution in [0.3, 0.4) is 0 Å². The van der Waals surface area contributed by atoms with Crippen LogP contribution in [0.4, 0.5) is 0 Å². The summed E-state index contributed by atoms with van der Waals surface area (Å²) in [6, 6.07) is 8.58. The van der Waals surface area contributed by atoms with Gasteiger partial charge in [0.1, 0.15) is 5.70 Å². The average molecular weight is 560 g/mol. The normalized spacial score (nSPS) is 28.3. The summed E-state index contributed by atoms with van der Waals surface area (Å²) in [6.45, 7) is 13.0. The third-order valence-corrected chi connectivity index (χ3v) is 9.42. The van der Waals surface area contributed by atoms with Gasteiger partial charge in [0.05, 0.1) is 30.5 Å². The maximum Gasteiger partial charge on any atom is 0.286 e. The molecule has 2 bridgehead atoms. The first-order chi connectivity index (χ1) is 19.8. The first-order valence-electron chi connectivity index (χ1n) is 14.8. The van der Waals surface area contributed by atoms with E-state index in [4.69, 9.17) is 11.6 Å². The standard InChI is InChI=1S/C31H45N9O/c1-5-8-24(19-34-37-36-33)25(6-2)23-12-10-22(11-13-23)20-38-27(9-7-18-32)35-26-21-39-30(3)14-16-31(4,17-15-30)40(39)29(41)28(26)38/h5-6,8,10-13,27,35H,1,7,9,14-21,32H2,2-4H3,(H2,33,37)(H,34,36)/b24-8-,25-6-. The summed E-state index contributed by atoms with van der Waals surface area (Å²) < 4.78 is 0. The molecular formula is C31H45N9O. The highest BCUT2D eigenvalue weighted by molar-refractivity contribution is 5.95. The molecule has 10 heteroatoms. The molecule has 0 radical (unpaired) electrons. The van der Waals surface area contributed by atoms with Gasteiger partial charge in [-0.25, -0.2) is 5.01 Å². The van der Waals surface area contributed by atoms with Crippen molar-refractivity contribution in [2.45, 2.75) is 83.1 Å². The van der Waals surface area contributed by atoms with Crippen LogP contribution in [0.5, 0.6) is 0 Å². The summed E-state index contributed by atoms with van der Waals surface area (Å²) in [5.41, 5.74) is 14.9. The Morgan fingerprint density at radius 1 is 1.20 bits per heavy atom. The van der Waals surface area contributed by atoms with Gasteiger partial charge < -0.3 is 21.8 Å². The molecule has 2 saturated heterocycles. The van der Waals surface area contributed by atoms with Crippen LogP contribution < -0.4 is 22.3 Å². The molecule has 0 aromatic heterocycles. The van der Waals surface area contributed by atoms with Gasteiger partial charge in [-0.2, -0.15) is 0 Å². The molecule has 41 heavy (non-hydrogen) atoms. The lowest BCUT2D eigenvalue weighted by molar-refractivity contribution is -0.231. The van der Waals surface area contributed by atoms with Crippen LogP contribution in [0.25, 0.3) is 5.57 Å². The van der Waals surface area contributed by atoms with Gasteiger partial charge in [0.15, 0.2) is 0 Å². The molecule has 5 aliphatic rings. The lowest BCUT2D eigenvalue weighted by Gasteiger charge is -2.65. The molecule has 1 aromatic rings. The highest BCUT2D eigenvalue weighted by Gasteiger charge is 2.59. The van der Waals surface area contributed by atoms with Crippen molar-refractivity contribution in [3.63, 3.8) is 0 Å². The highest BCUT2D eigenvalue weighted by Crippen LogP contribution is 2.52. The van der Waals surface area contributed by atoms with Crippen molar-refractivity contribution >= 4 is 11.5 Å². The Balaban J connectivity index is 1.40. The number of nitrogens with two attached hydrogens (primary N) is 2. The molecule has 1 aromatic carbocycles. The lowest BCUT2D eigenvalue weighted by Crippen LogP contribution is -2.75. The van der Waals surface area contributed by atoms with Crippen LogP contribution in [0, 0.1) is 0 Å². The van der Waals surface area contributed by atoms with Gasteiger partial charge in [-0.3, -0.25) is 15.2 Å². The Labute approximate surface area is 243 Å². The minimum Gasteiger partial charge on any atom is -0.366 e. The predicted octanol–water partition coefficient (Wildman–Crippen LogP) is 3.88. The Morgan fingerprint density at radius 2 is 1.90 bits per heavy atom. The molecule has 3 fully saturated rings. The fourth-order valence-electron chi connectivity index (χ4n) is 7.05. The van der Waals surface area contributed by atoms with Gasteiger partial charge in [0.25, 0.3) is 5.91 Å². The lowest BCUT2D eigenvalue weighted by atomic mass is 9.69. The topological polar surface area (TPSA) is 128 Å². The van der Waals surface area contributed by atoms with Crippen LogP contribution >= 0.6 is 0 Å². The van der Waals surface area contributed by atoms with E-state index in [0.717, 1.165) is 78.7 Å².